The average molecular weight is 294 g/mol. The van der Waals surface area contributed by atoms with E-state index in [0.717, 1.165) is 32.5 Å². The number of methoxy groups -OCH3 is 1. The van der Waals surface area contributed by atoms with Gasteiger partial charge in [0.1, 0.15) is 0 Å². The van der Waals surface area contributed by atoms with Crippen LogP contribution in [0.1, 0.15) is 28.8 Å². The summed E-state index contributed by atoms with van der Waals surface area (Å²) in [6.45, 7) is 3.89. The normalized spacial score (nSPS) is 10.6. The zero-order valence-electron chi connectivity index (χ0n) is 13.0. The number of carbonyl (C=O) groups excluding carboxylic acids is 1. The van der Waals surface area contributed by atoms with Crippen molar-refractivity contribution in [1.82, 2.24) is 10.6 Å². The van der Waals surface area contributed by atoms with Crippen LogP contribution in [-0.4, -0.2) is 46.4 Å². The van der Waals surface area contributed by atoms with Crippen molar-refractivity contribution in [3.05, 3.63) is 35.4 Å². The molecule has 1 aromatic carbocycles. The van der Waals surface area contributed by atoms with E-state index in [1.54, 1.807) is 14.2 Å². The van der Waals surface area contributed by atoms with Gasteiger partial charge in [0.25, 0.3) is 5.91 Å². The van der Waals surface area contributed by atoms with E-state index in [0.29, 0.717) is 18.8 Å². The standard InChI is InChI=1S/C16H26N2O3/c1-17-16(19)15-7-5-14(6-8-15)13-18-9-3-4-10-21-12-11-20-2/h5-8,18H,3-4,9-13H2,1-2H3,(H,17,19). The fraction of sp³-hybridized carbons (Fsp3) is 0.562. The van der Waals surface area contributed by atoms with Crippen LogP contribution < -0.4 is 10.6 Å². The number of carbonyl (C=O) groups is 1. The molecule has 0 bridgehead atoms. The van der Waals surface area contributed by atoms with Gasteiger partial charge in [0.15, 0.2) is 0 Å². The minimum Gasteiger partial charge on any atom is -0.382 e. The van der Waals surface area contributed by atoms with Gasteiger partial charge in [-0.05, 0) is 37.1 Å². The third-order valence-electron chi connectivity index (χ3n) is 3.10. The van der Waals surface area contributed by atoms with E-state index in [2.05, 4.69) is 10.6 Å². The van der Waals surface area contributed by atoms with E-state index in [9.17, 15) is 4.79 Å². The van der Waals surface area contributed by atoms with Crippen LogP contribution in [0.25, 0.3) is 0 Å². The maximum atomic E-state index is 11.4. The van der Waals surface area contributed by atoms with Crippen LogP contribution in [0.5, 0.6) is 0 Å². The van der Waals surface area contributed by atoms with Crippen molar-refractivity contribution in [3.8, 4) is 0 Å². The molecule has 5 nitrogen and oxygen atoms in total. The Hall–Kier alpha value is -1.43. The Morgan fingerprint density at radius 2 is 1.86 bits per heavy atom. The summed E-state index contributed by atoms with van der Waals surface area (Å²) in [5.74, 6) is -0.0528. The van der Waals surface area contributed by atoms with E-state index < -0.39 is 0 Å². The summed E-state index contributed by atoms with van der Waals surface area (Å²) in [7, 11) is 3.31. The van der Waals surface area contributed by atoms with Crippen molar-refractivity contribution >= 4 is 5.91 Å². The Kier molecular flexibility index (Phi) is 9.44. The molecular formula is C16H26N2O3. The maximum Gasteiger partial charge on any atom is 0.251 e. The third-order valence-corrected chi connectivity index (χ3v) is 3.10. The first-order valence-electron chi connectivity index (χ1n) is 7.36. The number of hydrogen-bond acceptors (Lipinski definition) is 4. The summed E-state index contributed by atoms with van der Waals surface area (Å²) in [5.41, 5.74) is 1.87. The molecule has 1 rings (SSSR count). The number of rotatable bonds is 11. The second kappa shape index (κ2) is 11.3. The largest absolute Gasteiger partial charge is 0.382 e. The van der Waals surface area contributed by atoms with E-state index >= 15 is 0 Å². The lowest BCUT2D eigenvalue weighted by Crippen LogP contribution is -2.18. The molecule has 0 atom stereocenters. The summed E-state index contributed by atoms with van der Waals surface area (Å²) in [4.78, 5) is 11.4. The molecule has 2 N–H and O–H groups in total. The number of nitrogens with one attached hydrogen (secondary N) is 2. The first-order chi connectivity index (χ1) is 10.3. The molecule has 0 aliphatic heterocycles. The second-order valence-corrected chi connectivity index (χ2v) is 4.77. The Labute approximate surface area is 127 Å². The zero-order valence-corrected chi connectivity index (χ0v) is 13.0. The quantitative estimate of drug-likeness (QED) is 0.608. The van der Waals surface area contributed by atoms with Gasteiger partial charge < -0.3 is 20.1 Å². The van der Waals surface area contributed by atoms with Crippen molar-refractivity contribution in [2.75, 3.05) is 40.5 Å². The minimum atomic E-state index is -0.0528. The SMILES string of the molecule is CNC(=O)c1ccc(CNCCCCOCCOC)cc1. The smallest absolute Gasteiger partial charge is 0.251 e. The van der Waals surface area contributed by atoms with Crippen LogP contribution in [-0.2, 0) is 16.0 Å². The molecule has 0 aliphatic carbocycles. The van der Waals surface area contributed by atoms with Gasteiger partial charge in [-0.25, -0.2) is 0 Å². The fourth-order valence-corrected chi connectivity index (χ4v) is 1.85. The first kappa shape index (κ1) is 17.6. The lowest BCUT2D eigenvalue weighted by Gasteiger charge is -2.06. The molecule has 118 valence electrons. The highest BCUT2D eigenvalue weighted by Crippen LogP contribution is 2.04. The summed E-state index contributed by atoms with van der Waals surface area (Å²) in [5, 5.41) is 6.00. The zero-order chi connectivity index (χ0) is 15.3. The summed E-state index contributed by atoms with van der Waals surface area (Å²) in [6, 6.07) is 7.65. The van der Waals surface area contributed by atoms with Crippen LogP contribution in [0.4, 0.5) is 0 Å². The molecule has 0 spiro atoms. The van der Waals surface area contributed by atoms with Gasteiger partial charge in [-0.1, -0.05) is 12.1 Å². The van der Waals surface area contributed by atoms with Gasteiger partial charge in [0.2, 0.25) is 0 Å². The van der Waals surface area contributed by atoms with Crippen LogP contribution >= 0.6 is 0 Å². The highest BCUT2D eigenvalue weighted by Gasteiger charge is 2.01. The molecule has 1 aromatic rings. The number of benzene rings is 1. The summed E-state index contributed by atoms with van der Waals surface area (Å²) < 4.78 is 10.3. The number of hydrogen-bond donors (Lipinski definition) is 2. The highest BCUT2D eigenvalue weighted by atomic mass is 16.5. The third kappa shape index (κ3) is 7.80. The molecule has 0 saturated carbocycles. The molecule has 0 aliphatic rings. The first-order valence-corrected chi connectivity index (χ1v) is 7.36. The number of amides is 1. The molecule has 0 aromatic heterocycles. The molecule has 1 amide bonds. The molecule has 0 saturated heterocycles. The van der Waals surface area contributed by atoms with E-state index in [1.807, 2.05) is 24.3 Å². The number of unbranched alkanes of at least 4 members (excludes halogenated alkanes) is 1. The molecular weight excluding hydrogens is 268 g/mol. The van der Waals surface area contributed by atoms with E-state index in [-0.39, 0.29) is 5.91 Å². The topological polar surface area (TPSA) is 59.6 Å². The van der Waals surface area contributed by atoms with Gasteiger partial charge in [-0.3, -0.25) is 4.79 Å². The Bertz CT molecular complexity index is 393. The van der Waals surface area contributed by atoms with Gasteiger partial charge in [0, 0.05) is 32.9 Å². The molecule has 0 unspecified atom stereocenters. The van der Waals surface area contributed by atoms with Crippen LogP contribution in [0, 0.1) is 0 Å². The van der Waals surface area contributed by atoms with E-state index in [1.165, 1.54) is 5.56 Å². The highest BCUT2D eigenvalue weighted by molar-refractivity contribution is 5.93. The Morgan fingerprint density at radius 1 is 1.10 bits per heavy atom. The molecule has 5 heteroatoms. The van der Waals surface area contributed by atoms with Crippen LogP contribution in [0.2, 0.25) is 0 Å². The van der Waals surface area contributed by atoms with Crippen LogP contribution in [0.3, 0.4) is 0 Å². The van der Waals surface area contributed by atoms with Gasteiger partial charge in [0.05, 0.1) is 13.2 Å². The Morgan fingerprint density at radius 3 is 2.52 bits per heavy atom. The predicted octanol–water partition coefficient (Wildman–Crippen LogP) is 1.58. The van der Waals surface area contributed by atoms with Gasteiger partial charge in [-0.2, -0.15) is 0 Å². The maximum absolute atomic E-state index is 11.4. The van der Waals surface area contributed by atoms with Gasteiger partial charge in [-0.15, -0.1) is 0 Å². The molecule has 0 radical (unpaired) electrons. The van der Waals surface area contributed by atoms with Crippen molar-refractivity contribution in [3.63, 3.8) is 0 Å². The monoisotopic (exact) mass is 294 g/mol. The van der Waals surface area contributed by atoms with Crippen molar-refractivity contribution in [1.29, 1.82) is 0 Å². The summed E-state index contributed by atoms with van der Waals surface area (Å²) in [6.07, 6.45) is 2.13. The summed E-state index contributed by atoms with van der Waals surface area (Å²) >= 11 is 0. The predicted molar refractivity (Wildman–Crippen MR) is 83.5 cm³/mol. The van der Waals surface area contributed by atoms with Gasteiger partial charge >= 0.3 is 0 Å². The van der Waals surface area contributed by atoms with Crippen molar-refractivity contribution in [2.24, 2.45) is 0 Å². The lowest BCUT2D eigenvalue weighted by atomic mass is 10.1. The molecule has 21 heavy (non-hydrogen) atoms. The average Bonchev–Trinajstić information content (AvgIpc) is 2.53. The van der Waals surface area contributed by atoms with Crippen molar-refractivity contribution < 1.29 is 14.3 Å². The van der Waals surface area contributed by atoms with Crippen molar-refractivity contribution in [2.45, 2.75) is 19.4 Å². The number of ether oxygens (including phenoxy) is 2. The lowest BCUT2D eigenvalue weighted by molar-refractivity contribution is 0.0688. The van der Waals surface area contributed by atoms with E-state index in [4.69, 9.17) is 9.47 Å². The Balaban J connectivity index is 2.06. The second-order valence-electron chi connectivity index (χ2n) is 4.77. The van der Waals surface area contributed by atoms with Crippen LogP contribution in [0.15, 0.2) is 24.3 Å². The fourth-order valence-electron chi connectivity index (χ4n) is 1.85. The molecule has 0 fully saturated rings. The molecule has 0 heterocycles. The minimum absolute atomic E-state index is 0.0528.